The summed E-state index contributed by atoms with van der Waals surface area (Å²) < 4.78 is 0. The van der Waals surface area contributed by atoms with Crippen molar-refractivity contribution in [3.8, 4) is 0 Å². The van der Waals surface area contributed by atoms with Gasteiger partial charge in [0, 0.05) is 16.7 Å². The maximum Gasteiger partial charge on any atom is 0.0962 e. The zero-order chi connectivity index (χ0) is 10.3. The summed E-state index contributed by atoms with van der Waals surface area (Å²) in [4.78, 5) is 6.45. The molecule has 0 bridgehead atoms. The second-order valence-electron chi connectivity index (χ2n) is 4.80. The van der Waals surface area contributed by atoms with Gasteiger partial charge in [0.25, 0.3) is 0 Å². The molecule has 3 rings (SSSR count). The number of rotatable bonds is 3. The number of hydrogen-bond acceptors (Lipinski definition) is 3. The van der Waals surface area contributed by atoms with E-state index in [0.29, 0.717) is 5.92 Å². The van der Waals surface area contributed by atoms with Crippen molar-refractivity contribution in [2.75, 3.05) is 6.54 Å². The van der Waals surface area contributed by atoms with Crippen LogP contribution in [0.15, 0.2) is 0 Å². The fourth-order valence-corrected chi connectivity index (χ4v) is 3.88. The molecule has 15 heavy (non-hydrogen) atoms. The van der Waals surface area contributed by atoms with Crippen LogP contribution in [0, 0.1) is 0 Å². The van der Waals surface area contributed by atoms with Crippen molar-refractivity contribution in [2.24, 2.45) is 5.73 Å². The van der Waals surface area contributed by atoms with Crippen molar-refractivity contribution < 1.29 is 0 Å². The number of aryl methyl sites for hydroxylation is 1. The average molecular weight is 222 g/mol. The van der Waals surface area contributed by atoms with Crippen molar-refractivity contribution >= 4 is 11.3 Å². The quantitative estimate of drug-likeness (QED) is 0.854. The van der Waals surface area contributed by atoms with Gasteiger partial charge in [0.05, 0.1) is 10.7 Å². The summed E-state index contributed by atoms with van der Waals surface area (Å²) in [6, 6.07) is 0. The topological polar surface area (TPSA) is 38.9 Å². The van der Waals surface area contributed by atoms with E-state index in [-0.39, 0.29) is 0 Å². The van der Waals surface area contributed by atoms with Gasteiger partial charge in [0.1, 0.15) is 0 Å². The van der Waals surface area contributed by atoms with E-state index in [1.807, 2.05) is 11.3 Å². The summed E-state index contributed by atoms with van der Waals surface area (Å²) in [5.41, 5.74) is 7.09. The Bertz CT molecular complexity index is 355. The largest absolute Gasteiger partial charge is 0.330 e. The van der Waals surface area contributed by atoms with Crippen LogP contribution in [0.25, 0.3) is 0 Å². The van der Waals surface area contributed by atoms with Crippen molar-refractivity contribution in [1.29, 1.82) is 0 Å². The maximum absolute atomic E-state index is 5.67. The minimum absolute atomic E-state index is 0.669. The number of thiazole rings is 1. The number of aromatic nitrogens is 1. The predicted molar refractivity (Wildman–Crippen MR) is 63.4 cm³/mol. The van der Waals surface area contributed by atoms with Crippen LogP contribution < -0.4 is 5.73 Å². The van der Waals surface area contributed by atoms with E-state index < -0.39 is 0 Å². The van der Waals surface area contributed by atoms with Gasteiger partial charge in [-0.15, -0.1) is 11.3 Å². The molecule has 0 aliphatic heterocycles. The van der Waals surface area contributed by atoms with E-state index in [0.717, 1.165) is 18.9 Å². The number of nitrogens with zero attached hydrogens (tertiary/aromatic N) is 1. The van der Waals surface area contributed by atoms with Crippen molar-refractivity contribution in [3.05, 3.63) is 15.6 Å². The Morgan fingerprint density at radius 3 is 2.93 bits per heavy atom. The minimum atomic E-state index is 0.669. The molecule has 1 fully saturated rings. The lowest BCUT2D eigenvalue weighted by Gasteiger charge is -2.20. The van der Waals surface area contributed by atoms with Gasteiger partial charge in [-0.3, -0.25) is 0 Å². The molecule has 0 saturated heterocycles. The highest BCUT2D eigenvalue weighted by molar-refractivity contribution is 7.11. The average Bonchev–Trinajstić information content (AvgIpc) is 2.99. The number of nitrogens with two attached hydrogens (primary N) is 1. The fourth-order valence-electron chi connectivity index (χ4n) is 2.51. The van der Waals surface area contributed by atoms with Gasteiger partial charge in [0.2, 0.25) is 0 Å². The summed E-state index contributed by atoms with van der Waals surface area (Å²) in [5.74, 6) is 1.49. The maximum atomic E-state index is 5.67. The van der Waals surface area contributed by atoms with E-state index in [2.05, 4.69) is 0 Å². The first kappa shape index (κ1) is 9.79. The van der Waals surface area contributed by atoms with Gasteiger partial charge in [-0.1, -0.05) is 0 Å². The Balaban J connectivity index is 1.88. The van der Waals surface area contributed by atoms with Gasteiger partial charge < -0.3 is 5.73 Å². The molecular formula is C12H18N2S. The second kappa shape index (κ2) is 3.87. The zero-order valence-electron chi connectivity index (χ0n) is 9.04. The molecule has 2 aliphatic carbocycles. The summed E-state index contributed by atoms with van der Waals surface area (Å²) in [6.45, 7) is 0.806. The number of fused-ring (bicyclic) bond motifs is 1. The standard InChI is InChI=1S/C12H18N2S/c13-7-6-8-2-1-3-10-11(8)14-12(15-10)9-4-5-9/h8-9H,1-7,13H2. The Labute approximate surface area is 94.9 Å². The van der Waals surface area contributed by atoms with Crippen LogP contribution in [-0.4, -0.2) is 11.5 Å². The highest BCUT2D eigenvalue weighted by Gasteiger charge is 2.31. The normalized spacial score (nSPS) is 25.3. The Morgan fingerprint density at radius 2 is 2.20 bits per heavy atom. The minimum Gasteiger partial charge on any atom is -0.330 e. The summed E-state index contributed by atoms with van der Waals surface area (Å²) >= 11 is 1.98. The Kier molecular flexibility index (Phi) is 2.53. The van der Waals surface area contributed by atoms with Crippen LogP contribution in [0.2, 0.25) is 0 Å². The lowest BCUT2D eigenvalue weighted by molar-refractivity contribution is 0.518. The van der Waals surface area contributed by atoms with Gasteiger partial charge in [-0.2, -0.15) is 0 Å². The smallest absolute Gasteiger partial charge is 0.0962 e. The molecule has 0 aromatic carbocycles. The van der Waals surface area contributed by atoms with Crippen LogP contribution in [0.3, 0.4) is 0 Å². The second-order valence-corrected chi connectivity index (χ2v) is 5.92. The van der Waals surface area contributed by atoms with E-state index in [9.17, 15) is 0 Å². The van der Waals surface area contributed by atoms with Gasteiger partial charge in [-0.25, -0.2) is 4.98 Å². The van der Waals surface area contributed by atoms with Crippen molar-refractivity contribution in [1.82, 2.24) is 4.98 Å². The molecule has 1 atom stereocenters. The highest BCUT2D eigenvalue weighted by atomic mass is 32.1. The predicted octanol–water partition coefficient (Wildman–Crippen LogP) is 2.79. The van der Waals surface area contributed by atoms with Crippen LogP contribution in [-0.2, 0) is 6.42 Å². The molecule has 2 nitrogen and oxygen atoms in total. The molecule has 1 heterocycles. The SMILES string of the molecule is NCCC1CCCc2sc(C3CC3)nc21. The lowest BCUT2D eigenvalue weighted by Crippen LogP contribution is -2.13. The Morgan fingerprint density at radius 1 is 1.33 bits per heavy atom. The van der Waals surface area contributed by atoms with Crippen molar-refractivity contribution in [3.63, 3.8) is 0 Å². The van der Waals surface area contributed by atoms with Gasteiger partial charge in [0.15, 0.2) is 0 Å². The molecule has 1 aromatic heterocycles. The first-order valence-corrected chi connectivity index (χ1v) is 6.89. The molecule has 0 amide bonds. The summed E-state index contributed by atoms with van der Waals surface area (Å²) in [7, 11) is 0. The Hall–Kier alpha value is -0.410. The van der Waals surface area contributed by atoms with E-state index >= 15 is 0 Å². The van der Waals surface area contributed by atoms with Crippen LogP contribution in [0.4, 0.5) is 0 Å². The van der Waals surface area contributed by atoms with Crippen LogP contribution in [0.5, 0.6) is 0 Å². The third-order valence-corrected chi connectivity index (χ3v) is 4.82. The van der Waals surface area contributed by atoms with Crippen molar-refractivity contribution in [2.45, 2.75) is 50.4 Å². The summed E-state index contributed by atoms with van der Waals surface area (Å²) in [5, 5.41) is 1.42. The van der Waals surface area contributed by atoms with Crippen LogP contribution in [0.1, 0.15) is 59.5 Å². The highest BCUT2D eigenvalue weighted by Crippen LogP contribution is 2.45. The molecule has 1 saturated carbocycles. The first-order valence-electron chi connectivity index (χ1n) is 6.08. The van der Waals surface area contributed by atoms with E-state index in [1.165, 1.54) is 42.8 Å². The molecule has 0 radical (unpaired) electrons. The molecule has 1 unspecified atom stereocenters. The molecule has 0 spiro atoms. The first-order chi connectivity index (χ1) is 7.38. The molecule has 2 aliphatic rings. The molecule has 82 valence electrons. The third kappa shape index (κ3) is 1.83. The summed E-state index contributed by atoms with van der Waals surface area (Å²) in [6.07, 6.45) is 7.77. The monoisotopic (exact) mass is 222 g/mol. The van der Waals surface area contributed by atoms with Crippen LogP contribution >= 0.6 is 11.3 Å². The van der Waals surface area contributed by atoms with Gasteiger partial charge >= 0.3 is 0 Å². The third-order valence-electron chi connectivity index (χ3n) is 3.53. The number of hydrogen-bond donors (Lipinski definition) is 1. The zero-order valence-corrected chi connectivity index (χ0v) is 9.85. The van der Waals surface area contributed by atoms with Gasteiger partial charge in [-0.05, 0) is 45.1 Å². The molecule has 3 heteroatoms. The lowest BCUT2D eigenvalue weighted by atomic mass is 9.88. The van der Waals surface area contributed by atoms with E-state index in [1.54, 1.807) is 4.88 Å². The molecule has 1 aromatic rings. The fraction of sp³-hybridized carbons (Fsp3) is 0.750. The van der Waals surface area contributed by atoms with E-state index in [4.69, 9.17) is 10.7 Å². The molecule has 2 N–H and O–H groups in total. The molecular weight excluding hydrogens is 204 g/mol.